The van der Waals surface area contributed by atoms with E-state index in [0.717, 1.165) is 11.1 Å². The molecule has 0 aliphatic rings. The van der Waals surface area contributed by atoms with Crippen molar-refractivity contribution in [1.29, 1.82) is 0 Å². The third kappa shape index (κ3) is 13.0. The molecule has 0 unspecified atom stereocenters. The van der Waals surface area contributed by atoms with E-state index in [2.05, 4.69) is 21.3 Å². The molecule has 0 aliphatic carbocycles. The van der Waals surface area contributed by atoms with E-state index in [4.69, 9.17) is 18.9 Å². The SMILES string of the molecule is COc1cccc(CNCCNCc2cccc(OC)c2O)c1[O-].COc1cccc(CNCCNCc2cccc(OC)c2O)c1[O-].[Er]. The van der Waals surface area contributed by atoms with Gasteiger partial charge >= 0.3 is 0 Å². The molecule has 0 amide bonds. The van der Waals surface area contributed by atoms with Crippen molar-refractivity contribution in [2.24, 2.45) is 0 Å². The molecule has 0 saturated heterocycles. The van der Waals surface area contributed by atoms with Crippen molar-refractivity contribution in [2.75, 3.05) is 54.6 Å². The van der Waals surface area contributed by atoms with Crippen LogP contribution in [0.1, 0.15) is 22.3 Å². The van der Waals surface area contributed by atoms with Crippen molar-refractivity contribution in [3.05, 3.63) is 95.1 Å². The predicted molar refractivity (Wildman–Crippen MR) is 181 cm³/mol. The minimum atomic E-state index is -0.0817. The van der Waals surface area contributed by atoms with Crippen LogP contribution in [0.3, 0.4) is 0 Å². The molecule has 12 nitrogen and oxygen atoms in total. The summed E-state index contributed by atoms with van der Waals surface area (Å²) in [4.78, 5) is 0. The van der Waals surface area contributed by atoms with Gasteiger partial charge in [0.25, 0.3) is 0 Å². The average molecular weight is 830 g/mol. The van der Waals surface area contributed by atoms with Crippen LogP contribution in [0.2, 0.25) is 0 Å². The molecule has 0 bridgehead atoms. The van der Waals surface area contributed by atoms with Crippen LogP contribution in [0.25, 0.3) is 0 Å². The van der Waals surface area contributed by atoms with Crippen LogP contribution in [-0.2, 0) is 26.2 Å². The van der Waals surface area contributed by atoms with Gasteiger partial charge in [-0.15, -0.1) is 0 Å². The summed E-state index contributed by atoms with van der Waals surface area (Å²) in [7, 11) is 6.04. The maximum Gasteiger partial charge on any atom is 0.162 e. The summed E-state index contributed by atoms with van der Waals surface area (Å²) in [5, 5.41) is 56.8. The zero-order valence-electron chi connectivity index (χ0n) is 28.2. The average Bonchev–Trinajstić information content (AvgIpc) is 3.10. The van der Waals surface area contributed by atoms with Gasteiger partial charge in [-0.05, 0) is 35.4 Å². The second-order valence-electron chi connectivity index (χ2n) is 10.5. The third-order valence-electron chi connectivity index (χ3n) is 7.38. The first kappa shape index (κ1) is 41.5. The van der Waals surface area contributed by atoms with Gasteiger partial charge in [-0.3, -0.25) is 0 Å². The molecule has 0 radical (unpaired) electrons. The third-order valence-corrected chi connectivity index (χ3v) is 7.38. The van der Waals surface area contributed by atoms with Gasteiger partial charge in [-0.25, -0.2) is 0 Å². The Balaban J connectivity index is 0.000000333. The molecule has 0 aromatic heterocycles. The number of aromatic hydroxyl groups is 2. The van der Waals surface area contributed by atoms with E-state index in [1.165, 1.54) is 28.4 Å². The quantitative estimate of drug-likeness (QED) is 0.0813. The number of phenolic OH excluding ortho intramolecular Hbond substituents is 2. The van der Waals surface area contributed by atoms with Gasteiger partial charge in [0.2, 0.25) is 0 Å². The van der Waals surface area contributed by atoms with Crippen LogP contribution in [0.15, 0.2) is 72.8 Å². The molecule has 0 spiro atoms. The standard InChI is InChI=1S/2C18H24N2O4.Er/c2*1-23-15-7-3-5-13(17(15)21)11-19-9-10-20-12-14-6-4-8-16(24-2)18(14)22;/h2*3-8,19-22H,9-12H2,1-2H3;/p-2. The smallest absolute Gasteiger partial charge is 0.162 e. The van der Waals surface area contributed by atoms with Crippen molar-refractivity contribution in [3.8, 4) is 46.0 Å². The van der Waals surface area contributed by atoms with Gasteiger partial charge in [-0.1, -0.05) is 60.0 Å². The number of para-hydroxylation sites is 4. The van der Waals surface area contributed by atoms with E-state index >= 15 is 0 Å². The number of hydrogen-bond donors (Lipinski definition) is 6. The van der Waals surface area contributed by atoms with Gasteiger partial charge in [0, 0.05) is 101 Å². The van der Waals surface area contributed by atoms with Crippen LogP contribution in [0, 0.1) is 37.3 Å². The van der Waals surface area contributed by atoms with E-state index in [1.807, 2.05) is 24.3 Å². The number of ether oxygens (including phenoxy) is 4. The molecule has 13 heteroatoms. The van der Waals surface area contributed by atoms with Gasteiger partial charge < -0.3 is 60.6 Å². The Kier molecular flexibility index (Phi) is 19.4. The van der Waals surface area contributed by atoms with Gasteiger partial charge in [0.05, 0.1) is 28.4 Å². The Labute approximate surface area is 318 Å². The van der Waals surface area contributed by atoms with E-state index in [1.54, 1.807) is 48.5 Å². The molecule has 0 atom stereocenters. The van der Waals surface area contributed by atoms with Crippen LogP contribution in [-0.4, -0.2) is 64.8 Å². The maximum absolute atomic E-state index is 12.0. The molecule has 0 fully saturated rings. The number of methoxy groups -OCH3 is 4. The molecule has 0 heterocycles. The second-order valence-corrected chi connectivity index (χ2v) is 10.5. The first-order valence-electron chi connectivity index (χ1n) is 15.5. The predicted octanol–water partition coefficient (Wildman–Crippen LogP) is 2.72. The topological polar surface area (TPSA) is 172 Å². The van der Waals surface area contributed by atoms with Crippen molar-refractivity contribution in [2.45, 2.75) is 26.2 Å². The zero-order valence-corrected chi connectivity index (χ0v) is 30.1. The fourth-order valence-corrected chi connectivity index (χ4v) is 4.72. The normalized spacial score (nSPS) is 10.4. The summed E-state index contributed by atoms with van der Waals surface area (Å²) < 4.78 is 20.2. The Bertz CT molecular complexity index is 1330. The number of rotatable bonds is 18. The molecule has 272 valence electrons. The minimum Gasteiger partial charge on any atom is -0.870 e. The van der Waals surface area contributed by atoms with Crippen LogP contribution in [0.5, 0.6) is 46.0 Å². The van der Waals surface area contributed by atoms with Gasteiger partial charge in [0.15, 0.2) is 23.0 Å². The Hall–Kier alpha value is -3.63. The molecule has 0 saturated carbocycles. The zero-order chi connectivity index (χ0) is 34.7. The first-order valence-corrected chi connectivity index (χ1v) is 15.5. The largest absolute Gasteiger partial charge is 0.870 e. The molecule has 4 rings (SSSR count). The van der Waals surface area contributed by atoms with E-state index in [9.17, 15) is 20.4 Å². The first-order chi connectivity index (χ1) is 23.3. The molecular formula is C36H46ErN4O8-2. The molecule has 4 aromatic carbocycles. The molecular weight excluding hydrogens is 784 g/mol. The maximum atomic E-state index is 12.0. The fourth-order valence-electron chi connectivity index (χ4n) is 4.72. The molecule has 6 N–H and O–H groups in total. The number of phenols is 2. The number of nitrogens with one attached hydrogen (secondary N) is 4. The monoisotopic (exact) mass is 828 g/mol. The van der Waals surface area contributed by atoms with Crippen LogP contribution in [0.4, 0.5) is 0 Å². The van der Waals surface area contributed by atoms with E-state index < -0.39 is 0 Å². The molecule has 4 aromatic rings. The molecule has 0 aliphatic heterocycles. The van der Waals surface area contributed by atoms with Gasteiger partial charge in [0.1, 0.15) is 11.5 Å². The summed E-state index contributed by atoms with van der Waals surface area (Å²) in [5.74, 6) is 1.81. The number of benzene rings is 4. The summed E-state index contributed by atoms with van der Waals surface area (Å²) in [6.07, 6.45) is 0. The van der Waals surface area contributed by atoms with Crippen molar-refractivity contribution >= 4 is 0 Å². The van der Waals surface area contributed by atoms with Crippen molar-refractivity contribution in [3.63, 3.8) is 0 Å². The molecule has 49 heavy (non-hydrogen) atoms. The Morgan fingerprint density at radius 3 is 1.02 bits per heavy atom. The Morgan fingerprint density at radius 1 is 0.449 bits per heavy atom. The second kappa shape index (κ2) is 22.9. The van der Waals surface area contributed by atoms with Crippen molar-refractivity contribution < 1.29 is 76.7 Å². The fraction of sp³-hybridized carbons (Fsp3) is 0.333. The van der Waals surface area contributed by atoms with E-state index in [0.29, 0.717) is 86.5 Å². The van der Waals surface area contributed by atoms with Crippen LogP contribution < -0.4 is 50.4 Å². The summed E-state index contributed by atoms with van der Waals surface area (Å²) in [6, 6.07) is 21.3. The summed E-state index contributed by atoms with van der Waals surface area (Å²) in [6.45, 7) is 4.85. The summed E-state index contributed by atoms with van der Waals surface area (Å²) >= 11 is 0. The Morgan fingerprint density at radius 2 is 0.714 bits per heavy atom. The minimum absolute atomic E-state index is 0. The summed E-state index contributed by atoms with van der Waals surface area (Å²) in [5.41, 5.74) is 2.92. The van der Waals surface area contributed by atoms with Crippen molar-refractivity contribution in [1.82, 2.24) is 21.3 Å². The van der Waals surface area contributed by atoms with Crippen LogP contribution >= 0.6 is 0 Å². The number of hydrogen-bond acceptors (Lipinski definition) is 12. The van der Waals surface area contributed by atoms with E-state index in [-0.39, 0.29) is 60.3 Å². The van der Waals surface area contributed by atoms with Gasteiger partial charge in [-0.2, -0.15) is 0 Å².